The van der Waals surface area contributed by atoms with E-state index in [-0.39, 0.29) is 0 Å². The van der Waals surface area contributed by atoms with Gasteiger partial charge in [-0.2, -0.15) is 5.10 Å². The second-order valence-corrected chi connectivity index (χ2v) is 5.07. The van der Waals surface area contributed by atoms with Crippen LogP contribution in [0, 0.1) is 0 Å². The highest BCUT2D eigenvalue weighted by Crippen LogP contribution is 2.17. The number of rotatable bonds is 7. The van der Waals surface area contributed by atoms with Crippen LogP contribution in [0.15, 0.2) is 54.9 Å². The van der Waals surface area contributed by atoms with Gasteiger partial charge >= 0.3 is 0 Å². The van der Waals surface area contributed by atoms with E-state index in [9.17, 15) is 0 Å². The minimum atomic E-state index is 0.690. The predicted molar refractivity (Wildman–Crippen MR) is 89.5 cm³/mol. The van der Waals surface area contributed by atoms with Gasteiger partial charge < -0.3 is 10.1 Å². The van der Waals surface area contributed by atoms with Crippen molar-refractivity contribution in [3.8, 4) is 11.4 Å². The van der Waals surface area contributed by atoms with E-state index < -0.39 is 0 Å². The molecule has 0 aliphatic heterocycles. The van der Waals surface area contributed by atoms with E-state index in [2.05, 4.69) is 20.4 Å². The van der Waals surface area contributed by atoms with Crippen LogP contribution in [-0.2, 0) is 11.3 Å². The Labute approximate surface area is 135 Å². The summed E-state index contributed by atoms with van der Waals surface area (Å²) in [6, 6.07) is 13.7. The summed E-state index contributed by atoms with van der Waals surface area (Å²) in [5.41, 5.74) is 0.987. The van der Waals surface area contributed by atoms with Crippen LogP contribution in [0.1, 0.15) is 6.42 Å². The van der Waals surface area contributed by atoms with E-state index in [1.165, 1.54) is 0 Å². The Morgan fingerprint density at radius 2 is 1.96 bits per heavy atom. The highest BCUT2D eigenvalue weighted by Gasteiger charge is 2.04. The van der Waals surface area contributed by atoms with Gasteiger partial charge in [0, 0.05) is 44.3 Å². The number of anilines is 2. The molecule has 3 rings (SSSR count). The molecule has 0 saturated carbocycles. The molecule has 6 nitrogen and oxygen atoms in total. The predicted octanol–water partition coefficient (Wildman–Crippen LogP) is 3.12. The molecule has 0 atom stereocenters. The first-order valence-electron chi connectivity index (χ1n) is 7.53. The number of ether oxygens (including phenoxy) is 1. The molecular formula is C17H19N5O. The van der Waals surface area contributed by atoms with Gasteiger partial charge in [-0.05, 0) is 12.5 Å². The maximum absolute atomic E-state index is 5.05. The Morgan fingerprint density at radius 1 is 1.09 bits per heavy atom. The third-order valence-electron chi connectivity index (χ3n) is 3.32. The summed E-state index contributed by atoms with van der Waals surface area (Å²) < 4.78 is 6.94. The average molecular weight is 309 g/mol. The fourth-order valence-electron chi connectivity index (χ4n) is 2.21. The van der Waals surface area contributed by atoms with Crippen LogP contribution < -0.4 is 5.32 Å². The molecule has 3 aromatic rings. The normalized spacial score (nSPS) is 10.7. The van der Waals surface area contributed by atoms with Gasteiger partial charge in [0.15, 0.2) is 11.6 Å². The quantitative estimate of drug-likeness (QED) is 0.679. The van der Waals surface area contributed by atoms with Crippen molar-refractivity contribution in [3.63, 3.8) is 0 Å². The van der Waals surface area contributed by atoms with Crippen LogP contribution >= 0.6 is 0 Å². The zero-order valence-electron chi connectivity index (χ0n) is 13.0. The Hall–Kier alpha value is -2.73. The van der Waals surface area contributed by atoms with E-state index in [0.29, 0.717) is 5.82 Å². The molecule has 23 heavy (non-hydrogen) atoms. The molecular weight excluding hydrogens is 290 g/mol. The Kier molecular flexibility index (Phi) is 4.95. The minimum absolute atomic E-state index is 0.690. The van der Waals surface area contributed by atoms with Crippen molar-refractivity contribution < 1.29 is 4.74 Å². The van der Waals surface area contributed by atoms with E-state index in [4.69, 9.17) is 4.74 Å². The van der Waals surface area contributed by atoms with Crippen molar-refractivity contribution in [3.05, 3.63) is 54.9 Å². The van der Waals surface area contributed by atoms with E-state index >= 15 is 0 Å². The van der Waals surface area contributed by atoms with Crippen LogP contribution in [0.4, 0.5) is 11.6 Å². The zero-order valence-corrected chi connectivity index (χ0v) is 13.0. The van der Waals surface area contributed by atoms with E-state index in [1.54, 1.807) is 13.3 Å². The first-order valence-corrected chi connectivity index (χ1v) is 7.53. The highest BCUT2D eigenvalue weighted by molar-refractivity contribution is 5.59. The van der Waals surface area contributed by atoms with Gasteiger partial charge in [0.05, 0.1) is 0 Å². The Balaban J connectivity index is 1.69. The summed E-state index contributed by atoms with van der Waals surface area (Å²) in [6.45, 7) is 1.56. The number of methoxy groups -OCH3 is 1. The maximum Gasteiger partial charge on any atom is 0.161 e. The lowest BCUT2D eigenvalue weighted by molar-refractivity contribution is 0.189. The lowest BCUT2D eigenvalue weighted by Gasteiger charge is -2.05. The topological polar surface area (TPSA) is 64.9 Å². The highest BCUT2D eigenvalue weighted by atomic mass is 16.5. The van der Waals surface area contributed by atoms with Gasteiger partial charge in [0.1, 0.15) is 5.82 Å². The molecule has 0 spiro atoms. The number of nitrogens with zero attached hydrogens (tertiary/aromatic N) is 4. The molecule has 0 aliphatic carbocycles. The molecule has 0 bridgehead atoms. The van der Waals surface area contributed by atoms with Crippen LogP contribution in [0.2, 0.25) is 0 Å². The molecule has 0 saturated heterocycles. The van der Waals surface area contributed by atoms with Crippen LogP contribution in [0.25, 0.3) is 11.4 Å². The number of hydrogen-bond donors (Lipinski definition) is 1. The largest absolute Gasteiger partial charge is 0.385 e. The molecule has 1 N–H and O–H groups in total. The average Bonchev–Trinajstić information content (AvgIpc) is 3.03. The van der Waals surface area contributed by atoms with Gasteiger partial charge in [0.25, 0.3) is 0 Å². The van der Waals surface area contributed by atoms with Crippen molar-refractivity contribution in [2.24, 2.45) is 0 Å². The van der Waals surface area contributed by atoms with Crippen molar-refractivity contribution in [2.45, 2.75) is 13.0 Å². The molecule has 0 amide bonds. The van der Waals surface area contributed by atoms with Gasteiger partial charge in [-0.25, -0.2) is 9.97 Å². The first-order chi connectivity index (χ1) is 11.3. The standard InChI is InChI=1S/C17H19N5O/c1-23-13-5-11-22-12-9-16(21-22)19-15-8-10-18-17(20-15)14-6-3-2-4-7-14/h2-4,6-10,12H,5,11,13H2,1H3,(H,18,19,20,21). The molecule has 0 aliphatic rings. The molecule has 0 fully saturated rings. The number of aryl methyl sites for hydroxylation is 1. The summed E-state index contributed by atoms with van der Waals surface area (Å²) >= 11 is 0. The second-order valence-electron chi connectivity index (χ2n) is 5.07. The number of aromatic nitrogens is 4. The summed E-state index contributed by atoms with van der Waals surface area (Å²) in [5.74, 6) is 2.18. The fourth-order valence-corrected chi connectivity index (χ4v) is 2.21. The fraction of sp³-hybridized carbons (Fsp3) is 0.235. The summed E-state index contributed by atoms with van der Waals surface area (Å²) in [5, 5.41) is 7.68. The third kappa shape index (κ3) is 4.14. The molecule has 2 aromatic heterocycles. The second kappa shape index (κ2) is 7.51. The van der Waals surface area contributed by atoms with Crippen molar-refractivity contribution in [2.75, 3.05) is 19.0 Å². The van der Waals surface area contributed by atoms with Gasteiger partial charge in [-0.3, -0.25) is 4.68 Å². The Morgan fingerprint density at radius 3 is 2.78 bits per heavy atom. The summed E-state index contributed by atoms with van der Waals surface area (Å²) in [7, 11) is 1.70. The molecule has 0 radical (unpaired) electrons. The van der Waals surface area contributed by atoms with Crippen LogP contribution in [-0.4, -0.2) is 33.5 Å². The number of hydrogen-bond acceptors (Lipinski definition) is 5. The first kappa shape index (κ1) is 15.2. The van der Waals surface area contributed by atoms with Crippen LogP contribution in [0.5, 0.6) is 0 Å². The number of benzene rings is 1. The van der Waals surface area contributed by atoms with Crippen molar-refractivity contribution in [1.82, 2.24) is 19.7 Å². The molecule has 118 valence electrons. The van der Waals surface area contributed by atoms with E-state index in [0.717, 1.165) is 36.8 Å². The minimum Gasteiger partial charge on any atom is -0.385 e. The zero-order chi connectivity index (χ0) is 15.9. The summed E-state index contributed by atoms with van der Waals surface area (Å²) in [6.07, 6.45) is 4.62. The number of nitrogens with one attached hydrogen (secondary N) is 1. The monoisotopic (exact) mass is 309 g/mol. The lowest BCUT2D eigenvalue weighted by atomic mass is 10.2. The maximum atomic E-state index is 5.05. The molecule has 2 heterocycles. The Bertz CT molecular complexity index is 742. The van der Waals surface area contributed by atoms with E-state index in [1.807, 2.05) is 53.3 Å². The van der Waals surface area contributed by atoms with Gasteiger partial charge in [-0.1, -0.05) is 30.3 Å². The van der Waals surface area contributed by atoms with Crippen LogP contribution in [0.3, 0.4) is 0 Å². The van der Waals surface area contributed by atoms with Gasteiger partial charge in [0.2, 0.25) is 0 Å². The van der Waals surface area contributed by atoms with Gasteiger partial charge in [-0.15, -0.1) is 0 Å². The lowest BCUT2D eigenvalue weighted by Crippen LogP contribution is -2.03. The molecule has 1 aromatic carbocycles. The van der Waals surface area contributed by atoms with Crippen molar-refractivity contribution >= 4 is 11.6 Å². The smallest absolute Gasteiger partial charge is 0.161 e. The third-order valence-corrected chi connectivity index (χ3v) is 3.32. The summed E-state index contributed by atoms with van der Waals surface area (Å²) in [4.78, 5) is 8.85. The molecule has 6 heteroatoms. The SMILES string of the molecule is COCCCn1ccc(Nc2ccnc(-c3ccccc3)n2)n1. The van der Waals surface area contributed by atoms with Crippen molar-refractivity contribution in [1.29, 1.82) is 0 Å². The molecule has 0 unspecified atom stereocenters.